The fourth-order valence-electron chi connectivity index (χ4n) is 5.61. The SMILES string of the molecule is C=CC=NC(=N)/C(C)=C1\Nc2ccc(-c3ccc(OC)nc3)nc2N1c1ccc(CN2CCC(Nc3ccnc(C#N)n3)CC2)cc1. The monoisotopic (exact) mass is 625 g/mol. The van der Waals surface area contributed by atoms with Crippen molar-refractivity contribution in [3.8, 4) is 23.2 Å². The molecule has 0 bridgehead atoms. The maximum Gasteiger partial charge on any atom is 0.234 e. The van der Waals surface area contributed by atoms with Crippen LogP contribution >= 0.6 is 0 Å². The summed E-state index contributed by atoms with van der Waals surface area (Å²) in [5.74, 6) is 2.97. The van der Waals surface area contributed by atoms with Gasteiger partial charge in [-0.2, -0.15) is 5.26 Å². The van der Waals surface area contributed by atoms with Gasteiger partial charge in [0.15, 0.2) is 11.7 Å². The number of nitriles is 1. The number of likely N-dealkylation sites (tertiary alicyclic amines) is 1. The van der Waals surface area contributed by atoms with E-state index in [0.717, 1.165) is 66.7 Å². The van der Waals surface area contributed by atoms with Gasteiger partial charge in [-0.3, -0.25) is 15.2 Å². The molecule has 0 spiro atoms. The minimum Gasteiger partial charge on any atom is -0.481 e. The summed E-state index contributed by atoms with van der Waals surface area (Å²) >= 11 is 0. The maximum atomic E-state index is 9.08. The molecular weight excluding hydrogens is 590 g/mol. The Morgan fingerprint density at radius 3 is 2.64 bits per heavy atom. The van der Waals surface area contributed by atoms with Gasteiger partial charge in [0.05, 0.1) is 18.5 Å². The molecule has 3 aromatic heterocycles. The molecule has 12 heteroatoms. The molecule has 4 aromatic rings. The predicted molar refractivity (Wildman–Crippen MR) is 184 cm³/mol. The first-order valence-electron chi connectivity index (χ1n) is 15.3. The molecule has 6 rings (SSSR count). The third-order valence-corrected chi connectivity index (χ3v) is 8.12. The van der Waals surface area contributed by atoms with Gasteiger partial charge in [0.25, 0.3) is 0 Å². The lowest BCUT2D eigenvalue weighted by Crippen LogP contribution is -2.38. The topological polar surface area (TPSA) is 151 Å². The number of anilines is 4. The summed E-state index contributed by atoms with van der Waals surface area (Å²) in [4.78, 5) is 26.3. The van der Waals surface area contributed by atoms with Crippen LogP contribution in [0.25, 0.3) is 11.3 Å². The number of hydrogen-bond acceptors (Lipinski definition) is 11. The Bertz CT molecular complexity index is 1870. The van der Waals surface area contributed by atoms with E-state index in [2.05, 4.69) is 66.3 Å². The molecule has 2 aliphatic heterocycles. The molecule has 1 saturated heterocycles. The third-order valence-electron chi connectivity index (χ3n) is 8.12. The number of allylic oxidation sites excluding steroid dienone is 1. The molecular formula is C35H35N11O. The highest BCUT2D eigenvalue weighted by molar-refractivity contribution is 6.04. The Hall–Kier alpha value is -5.93. The fraction of sp³-hybridized carbons (Fsp3) is 0.229. The molecule has 236 valence electrons. The van der Waals surface area contributed by atoms with Crippen LogP contribution in [0, 0.1) is 16.7 Å². The summed E-state index contributed by atoms with van der Waals surface area (Å²) < 4.78 is 5.22. The van der Waals surface area contributed by atoms with Gasteiger partial charge in [0.2, 0.25) is 11.7 Å². The third kappa shape index (κ3) is 7.00. The summed E-state index contributed by atoms with van der Waals surface area (Å²) in [6, 6.07) is 20.3. The standard InChI is InChI=1S/C35H35N11O/c1-4-16-39-33(37)23(2)34-43-29-11-10-28(25-7-12-32(47-3)40-21-25)42-35(29)46(34)27-8-5-24(6-9-27)22-45-18-14-26(15-19-45)41-30-13-17-38-31(20-36)44-30/h4-13,16-17,21,26,37,43H,1,14-15,18-19,22H2,2-3H3,(H,38,41,44)/b34-23+,37-33?,39-16?. The zero-order chi connectivity index (χ0) is 32.8. The van der Waals surface area contributed by atoms with E-state index < -0.39 is 0 Å². The van der Waals surface area contributed by atoms with E-state index in [-0.39, 0.29) is 11.7 Å². The molecule has 0 atom stereocenters. The van der Waals surface area contributed by atoms with Crippen LogP contribution in [0.2, 0.25) is 0 Å². The Morgan fingerprint density at radius 1 is 1.13 bits per heavy atom. The minimum absolute atomic E-state index is 0.129. The van der Waals surface area contributed by atoms with Crippen LogP contribution in [0.3, 0.4) is 0 Å². The highest BCUT2D eigenvalue weighted by Gasteiger charge is 2.30. The second kappa shape index (κ2) is 14.0. The molecule has 0 aliphatic carbocycles. The number of fused-ring (bicyclic) bond motifs is 1. The molecule has 1 aromatic carbocycles. The van der Waals surface area contributed by atoms with E-state index in [4.69, 9.17) is 20.4 Å². The van der Waals surface area contributed by atoms with Gasteiger partial charge in [-0.25, -0.2) is 24.9 Å². The van der Waals surface area contributed by atoms with Gasteiger partial charge in [0, 0.05) is 67.2 Å². The summed E-state index contributed by atoms with van der Waals surface area (Å²) in [5.41, 5.74) is 5.25. The van der Waals surface area contributed by atoms with E-state index in [0.29, 0.717) is 23.3 Å². The summed E-state index contributed by atoms with van der Waals surface area (Å²) in [7, 11) is 1.59. The first-order chi connectivity index (χ1) is 22.9. The Balaban J connectivity index is 1.20. The average molecular weight is 626 g/mol. The number of aromatic nitrogens is 4. The molecule has 0 amide bonds. The van der Waals surface area contributed by atoms with Crippen molar-refractivity contribution in [3.63, 3.8) is 0 Å². The highest BCUT2D eigenvalue weighted by atomic mass is 16.5. The van der Waals surface area contributed by atoms with Crippen molar-refractivity contribution in [2.45, 2.75) is 32.4 Å². The average Bonchev–Trinajstić information content (AvgIpc) is 3.50. The smallest absolute Gasteiger partial charge is 0.234 e. The van der Waals surface area contributed by atoms with Crippen LogP contribution in [-0.4, -0.2) is 63.1 Å². The summed E-state index contributed by atoms with van der Waals surface area (Å²) in [6.07, 6.45) is 8.38. The van der Waals surface area contributed by atoms with Crippen LogP contribution in [0.15, 0.2) is 96.0 Å². The number of piperidine rings is 1. The van der Waals surface area contributed by atoms with E-state index in [1.54, 1.807) is 31.6 Å². The summed E-state index contributed by atoms with van der Waals surface area (Å²) in [5, 5.41) is 24.6. The molecule has 5 heterocycles. The molecule has 47 heavy (non-hydrogen) atoms. The molecule has 0 saturated carbocycles. The second-order valence-corrected chi connectivity index (χ2v) is 11.2. The van der Waals surface area contributed by atoms with Crippen molar-refractivity contribution in [3.05, 3.63) is 102 Å². The number of hydrogen-bond donors (Lipinski definition) is 3. The van der Waals surface area contributed by atoms with Crippen molar-refractivity contribution >= 4 is 35.1 Å². The fourth-order valence-corrected chi connectivity index (χ4v) is 5.61. The Labute approximate surface area is 273 Å². The molecule has 1 fully saturated rings. The van der Waals surface area contributed by atoms with E-state index >= 15 is 0 Å². The number of nitrogens with one attached hydrogen (secondary N) is 3. The molecule has 0 radical (unpaired) electrons. The lowest BCUT2D eigenvalue weighted by molar-refractivity contribution is 0.211. The van der Waals surface area contributed by atoms with Crippen LogP contribution < -0.4 is 20.3 Å². The number of amidine groups is 1. The summed E-state index contributed by atoms with van der Waals surface area (Å²) in [6.45, 7) is 8.29. The number of nitrogens with zero attached hydrogens (tertiary/aromatic N) is 8. The van der Waals surface area contributed by atoms with Crippen LogP contribution in [0.1, 0.15) is 31.2 Å². The van der Waals surface area contributed by atoms with Crippen molar-refractivity contribution in [2.75, 3.05) is 35.7 Å². The number of aliphatic imine (C=N–C) groups is 1. The lowest BCUT2D eigenvalue weighted by atomic mass is 10.0. The van der Waals surface area contributed by atoms with Gasteiger partial charge in [0.1, 0.15) is 17.7 Å². The first-order valence-corrected chi connectivity index (χ1v) is 15.3. The second-order valence-electron chi connectivity index (χ2n) is 11.2. The van der Waals surface area contributed by atoms with Crippen molar-refractivity contribution in [1.82, 2.24) is 24.8 Å². The van der Waals surface area contributed by atoms with Crippen LogP contribution in [-0.2, 0) is 6.54 Å². The zero-order valence-corrected chi connectivity index (χ0v) is 26.3. The predicted octanol–water partition coefficient (Wildman–Crippen LogP) is 5.92. The van der Waals surface area contributed by atoms with Gasteiger partial charge >= 0.3 is 0 Å². The highest BCUT2D eigenvalue weighted by Crippen LogP contribution is 2.43. The van der Waals surface area contributed by atoms with Gasteiger partial charge in [-0.1, -0.05) is 24.8 Å². The van der Waals surface area contributed by atoms with Gasteiger partial charge in [-0.15, -0.1) is 0 Å². The van der Waals surface area contributed by atoms with Crippen LogP contribution in [0.5, 0.6) is 5.88 Å². The maximum absolute atomic E-state index is 9.08. The molecule has 12 nitrogen and oxygen atoms in total. The van der Waals surface area contributed by atoms with Gasteiger partial charge in [-0.05, 0) is 61.7 Å². The normalized spacial score (nSPS) is 15.9. The minimum atomic E-state index is 0.129. The number of rotatable bonds is 9. The number of benzene rings is 1. The van der Waals surface area contributed by atoms with Crippen LogP contribution in [0.4, 0.5) is 23.0 Å². The van der Waals surface area contributed by atoms with E-state index in [1.165, 1.54) is 11.8 Å². The zero-order valence-electron chi connectivity index (χ0n) is 26.3. The van der Waals surface area contributed by atoms with Crippen molar-refractivity contribution in [2.24, 2.45) is 4.99 Å². The Morgan fingerprint density at radius 2 is 1.94 bits per heavy atom. The number of ether oxygens (including phenoxy) is 1. The lowest BCUT2D eigenvalue weighted by Gasteiger charge is -2.32. The van der Waals surface area contributed by atoms with Crippen molar-refractivity contribution in [1.29, 1.82) is 10.7 Å². The number of pyridine rings is 2. The first kappa shape index (κ1) is 31.1. The quantitative estimate of drug-likeness (QED) is 0.151. The Kier molecular flexibility index (Phi) is 9.26. The van der Waals surface area contributed by atoms with Crippen molar-refractivity contribution < 1.29 is 4.74 Å². The largest absolute Gasteiger partial charge is 0.481 e. The van der Waals surface area contributed by atoms with E-state index in [9.17, 15) is 0 Å². The number of methoxy groups -OCH3 is 1. The molecule has 2 aliphatic rings. The van der Waals surface area contributed by atoms with E-state index in [1.807, 2.05) is 42.2 Å². The molecule has 3 N–H and O–H groups in total. The molecule has 0 unspecified atom stereocenters. The van der Waals surface area contributed by atoms with Gasteiger partial charge < -0.3 is 15.4 Å².